The van der Waals surface area contributed by atoms with Crippen molar-refractivity contribution in [2.24, 2.45) is 0 Å². The van der Waals surface area contributed by atoms with E-state index in [1.807, 2.05) is 30.3 Å². The van der Waals surface area contributed by atoms with Crippen molar-refractivity contribution in [1.82, 2.24) is 0 Å². The zero-order chi connectivity index (χ0) is 9.80. The van der Waals surface area contributed by atoms with Crippen LogP contribution in [0.2, 0.25) is 0 Å². The maximum Gasteiger partial charge on any atom is 0.134 e. The van der Waals surface area contributed by atoms with E-state index >= 15 is 0 Å². The third-order valence-corrected chi connectivity index (χ3v) is 2.40. The van der Waals surface area contributed by atoms with Gasteiger partial charge in [0.1, 0.15) is 18.1 Å². The van der Waals surface area contributed by atoms with E-state index in [9.17, 15) is 5.11 Å². The van der Waals surface area contributed by atoms with Crippen molar-refractivity contribution in [1.29, 1.82) is 0 Å². The first kappa shape index (κ1) is 9.13. The lowest BCUT2D eigenvalue weighted by molar-refractivity contribution is 0.177. The maximum absolute atomic E-state index is 9.42. The van der Waals surface area contributed by atoms with Crippen LogP contribution in [0.4, 0.5) is 0 Å². The summed E-state index contributed by atoms with van der Waals surface area (Å²) in [5.74, 6) is 1.20. The first-order valence-corrected chi connectivity index (χ1v) is 4.94. The van der Waals surface area contributed by atoms with Gasteiger partial charge < -0.3 is 9.84 Å². The Kier molecular flexibility index (Phi) is 2.73. The number of allylic oxidation sites excluding steroid dienone is 2. The predicted molar refractivity (Wildman–Crippen MR) is 54.7 cm³/mol. The molecule has 0 aromatic heterocycles. The van der Waals surface area contributed by atoms with Gasteiger partial charge in [0.15, 0.2) is 0 Å². The molecule has 1 aromatic rings. The van der Waals surface area contributed by atoms with Crippen LogP contribution >= 0.6 is 0 Å². The highest BCUT2D eigenvalue weighted by Crippen LogP contribution is 2.25. The number of benzene rings is 1. The first-order chi connectivity index (χ1) is 6.86. The highest BCUT2D eigenvalue weighted by Gasteiger charge is 2.14. The summed E-state index contributed by atoms with van der Waals surface area (Å²) in [6.07, 6.45) is 2.65. The SMILES string of the molecule is OC1=C(OCc2ccccc2)CCC1. The van der Waals surface area contributed by atoms with E-state index in [1.54, 1.807) is 0 Å². The van der Waals surface area contributed by atoms with Crippen molar-refractivity contribution >= 4 is 0 Å². The van der Waals surface area contributed by atoms with Crippen molar-refractivity contribution in [2.45, 2.75) is 25.9 Å². The molecular formula is C12H14O2. The molecule has 0 spiro atoms. The number of hydrogen-bond acceptors (Lipinski definition) is 2. The quantitative estimate of drug-likeness (QED) is 0.793. The Balaban J connectivity index is 1.92. The molecule has 14 heavy (non-hydrogen) atoms. The minimum absolute atomic E-state index is 0.431. The van der Waals surface area contributed by atoms with Crippen LogP contribution in [-0.4, -0.2) is 5.11 Å². The van der Waals surface area contributed by atoms with Crippen LogP contribution in [0.5, 0.6) is 0 Å². The zero-order valence-electron chi connectivity index (χ0n) is 8.07. The number of ether oxygens (including phenoxy) is 1. The fourth-order valence-electron chi connectivity index (χ4n) is 1.60. The molecule has 0 unspecified atom stereocenters. The lowest BCUT2D eigenvalue weighted by atomic mass is 10.2. The van der Waals surface area contributed by atoms with Gasteiger partial charge in [-0.05, 0) is 12.0 Å². The van der Waals surface area contributed by atoms with Crippen molar-refractivity contribution in [2.75, 3.05) is 0 Å². The lowest BCUT2D eigenvalue weighted by Crippen LogP contribution is -1.93. The largest absolute Gasteiger partial charge is 0.509 e. The van der Waals surface area contributed by atoms with Crippen molar-refractivity contribution in [3.63, 3.8) is 0 Å². The van der Waals surface area contributed by atoms with Gasteiger partial charge in [0.05, 0.1) is 0 Å². The fraction of sp³-hybridized carbons (Fsp3) is 0.333. The van der Waals surface area contributed by atoms with Crippen LogP contribution in [-0.2, 0) is 11.3 Å². The molecule has 1 aromatic carbocycles. The number of rotatable bonds is 3. The second kappa shape index (κ2) is 4.18. The minimum atomic E-state index is 0.431. The molecule has 0 bridgehead atoms. The molecule has 74 valence electrons. The van der Waals surface area contributed by atoms with Gasteiger partial charge in [-0.3, -0.25) is 0 Å². The molecule has 0 amide bonds. The Bertz CT molecular complexity index is 327. The van der Waals surface area contributed by atoms with E-state index in [4.69, 9.17) is 4.74 Å². The smallest absolute Gasteiger partial charge is 0.134 e. The molecule has 0 fully saturated rings. The molecule has 0 heterocycles. The Morgan fingerprint density at radius 1 is 1.14 bits per heavy atom. The minimum Gasteiger partial charge on any atom is -0.509 e. The average Bonchev–Trinajstić information content (AvgIpc) is 2.63. The van der Waals surface area contributed by atoms with Crippen molar-refractivity contribution < 1.29 is 9.84 Å². The summed E-state index contributed by atoms with van der Waals surface area (Å²) in [6.45, 7) is 0.556. The van der Waals surface area contributed by atoms with Gasteiger partial charge in [-0.25, -0.2) is 0 Å². The molecule has 0 atom stereocenters. The first-order valence-electron chi connectivity index (χ1n) is 4.94. The fourth-order valence-corrected chi connectivity index (χ4v) is 1.60. The van der Waals surface area contributed by atoms with Crippen LogP contribution in [0, 0.1) is 0 Å². The molecule has 2 rings (SSSR count). The van der Waals surface area contributed by atoms with Gasteiger partial charge >= 0.3 is 0 Å². The summed E-state index contributed by atoms with van der Waals surface area (Å²) in [6, 6.07) is 10.00. The molecular weight excluding hydrogens is 176 g/mol. The molecule has 1 N–H and O–H groups in total. The van der Waals surface area contributed by atoms with Crippen LogP contribution in [0.15, 0.2) is 41.9 Å². The summed E-state index contributed by atoms with van der Waals surface area (Å²) in [5.41, 5.74) is 1.14. The van der Waals surface area contributed by atoms with E-state index in [-0.39, 0.29) is 0 Å². The van der Waals surface area contributed by atoms with E-state index in [2.05, 4.69) is 0 Å². The topological polar surface area (TPSA) is 29.5 Å². The van der Waals surface area contributed by atoms with E-state index in [0.29, 0.717) is 12.4 Å². The Hall–Kier alpha value is -1.44. The van der Waals surface area contributed by atoms with Crippen molar-refractivity contribution in [3.8, 4) is 0 Å². The third kappa shape index (κ3) is 2.08. The predicted octanol–water partition coefficient (Wildman–Crippen LogP) is 3.16. The van der Waals surface area contributed by atoms with Crippen LogP contribution in [0.25, 0.3) is 0 Å². The van der Waals surface area contributed by atoms with Crippen LogP contribution in [0.1, 0.15) is 24.8 Å². The van der Waals surface area contributed by atoms with Gasteiger partial charge in [-0.1, -0.05) is 30.3 Å². The molecule has 2 heteroatoms. The van der Waals surface area contributed by atoms with Gasteiger partial charge in [0.2, 0.25) is 0 Å². The second-order valence-corrected chi connectivity index (χ2v) is 3.50. The van der Waals surface area contributed by atoms with E-state index in [0.717, 1.165) is 30.6 Å². The molecule has 0 aliphatic heterocycles. The summed E-state index contributed by atoms with van der Waals surface area (Å²) in [5, 5.41) is 9.42. The Morgan fingerprint density at radius 2 is 1.93 bits per heavy atom. The number of aliphatic hydroxyl groups is 1. The normalized spacial score (nSPS) is 16.0. The highest BCUT2D eigenvalue weighted by atomic mass is 16.5. The Labute approximate surface area is 83.8 Å². The molecule has 1 aliphatic rings. The summed E-state index contributed by atoms with van der Waals surface area (Å²) in [7, 11) is 0. The monoisotopic (exact) mass is 190 g/mol. The van der Waals surface area contributed by atoms with E-state index < -0.39 is 0 Å². The molecule has 1 aliphatic carbocycles. The molecule has 2 nitrogen and oxygen atoms in total. The summed E-state index contributed by atoms with van der Waals surface area (Å²) >= 11 is 0. The van der Waals surface area contributed by atoms with Gasteiger partial charge in [0.25, 0.3) is 0 Å². The van der Waals surface area contributed by atoms with Crippen LogP contribution in [0.3, 0.4) is 0 Å². The second-order valence-electron chi connectivity index (χ2n) is 3.50. The highest BCUT2D eigenvalue weighted by molar-refractivity contribution is 5.14. The average molecular weight is 190 g/mol. The number of hydrogen-bond donors (Lipinski definition) is 1. The lowest BCUT2D eigenvalue weighted by Gasteiger charge is -2.06. The van der Waals surface area contributed by atoms with Crippen LogP contribution < -0.4 is 0 Å². The van der Waals surface area contributed by atoms with Crippen molar-refractivity contribution in [3.05, 3.63) is 47.4 Å². The Morgan fingerprint density at radius 3 is 2.57 bits per heavy atom. The standard InChI is InChI=1S/C12H14O2/c13-11-7-4-8-12(11)14-9-10-5-2-1-3-6-10/h1-3,5-6,13H,4,7-9H2. The molecule has 0 saturated carbocycles. The molecule has 0 radical (unpaired) electrons. The van der Waals surface area contributed by atoms with Gasteiger partial charge in [0, 0.05) is 12.8 Å². The third-order valence-electron chi connectivity index (χ3n) is 2.40. The summed E-state index contributed by atoms with van der Waals surface area (Å²) < 4.78 is 5.53. The zero-order valence-corrected chi connectivity index (χ0v) is 8.07. The van der Waals surface area contributed by atoms with E-state index in [1.165, 1.54) is 0 Å². The van der Waals surface area contributed by atoms with Gasteiger partial charge in [-0.2, -0.15) is 0 Å². The number of aliphatic hydroxyl groups excluding tert-OH is 1. The summed E-state index contributed by atoms with van der Waals surface area (Å²) in [4.78, 5) is 0. The molecule has 0 saturated heterocycles. The van der Waals surface area contributed by atoms with Gasteiger partial charge in [-0.15, -0.1) is 0 Å². The maximum atomic E-state index is 9.42.